The van der Waals surface area contributed by atoms with Gasteiger partial charge < -0.3 is 10.6 Å². The van der Waals surface area contributed by atoms with E-state index in [1.165, 1.54) is 6.92 Å². The first kappa shape index (κ1) is 14.1. The number of carbonyl (C=O) groups is 1. The van der Waals surface area contributed by atoms with Crippen molar-refractivity contribution in [1.82, 2.24) is 0 Å². The predicted octanol–water partition coefficient (Wildman–Crippen LogP) is 3.88. The maximum absolute atomic E-state index is 11.4. The van der Waals surface area contributed by atoms with E-state index >= 15 is 0 Å². The van der Waals surface area contributed by atoms with Crippen LogP contribution in [0.4, 0.5) is 11.4 Å². The summed E-state index contributed by atoms with van der Waals surface area (Å²) in [5.41, 5.74) is 1.78. The lowest BCUT2D eigenvalue weighted by atomic mass is 10.1. The van der Waals surface area contributed by atoms with E-state index in [9.17, 15) is 4.79 Å². The Labute approximate surface area is 111 Å². The van der Waals surface area contributed by atoms with Crippen LogP contribution in [0.5, 0.6) is 0 Å². The monoisotopic (exact) mass is 274 g/mol. The smallest absolute Gasteiger partial charge is 0.159 e. The van der Waals surface area contributed by atoms with Gasteiger partial charge in [-0.25, -0.2) is 0 Å². The van der Waals surface area contributed by atoms with E-state index < -0.39 is 0 Å². The van der Waals surface area contributed by atoms with Gasteiger partial charge in [0.25, 0.3) is 0 Å². The molecule has 0 aliphatic heterocycles. The molecule has 17 heavy (non-hydrogen) atoms. The predicted molar refractivity (Wildman–Crippen MR) is 74.3 cm³/mol. The van der Waals surface area contributed by atoms with Crippen LogP contribution in [0.3, 0.4) is 0 Å². The summed E-state index contributed by atoms with van der Waals surface area (Å²) >= 11 is 11.7. The quantitative estimate of drug-likeness (QED) is 0.486. The number of alkyl halides is 2. The number of rotatable bonds is 5. The number of Topliss-reactive ketones (excluding diaryl/α,β-unsaturated/α-hetero) is 1. The summed E-state index contributed by atoms with van der Waals surface area (Å²) in [6.07, 6.45) is 0. The highest BCUT2D eigenvalue weighted by Crippen LogP contribution is 2.22. The van der Waals surface area contributed by atoms with Gasteiger partial charge in [0.1, 0.15) is 0 Å². The highest BCUT2D eigenvalue weighted by Gasteiger charge is 2.07. The van der Waals surface area contributed by atoms with Crippen molar-refractivity contribution in [3.63, 3.8) is 0 Å². The first-order valence-electron chi connectivity index (χ1n) is 5.35. The molecular weight excluding hydrogens is 259 g/mol. The maximum atomic E-state index is 11.4. The average Bonchev–Trinajstić information content (AvgIpc) is 2.14. The largest absolute Gasteiger partial charge is 0.369 e. The molecule has 0 saturated carbocycles. The SMILES string of the molecule is CC(=O)c1cc(NC(C)Cl)cc(NC(C)Cl)c1. The molecule has 1 rings (SSSR count). The van der Waals surface area contributed by atoms with Crippen molar-refractivity contribution < 1.29 is 4.79 Å². The van der Waals surface area contributed by atoms with Crippen LogP contribution < -0.4 is 10.6 Å². The normalized spacial score (nSPS) is 13.9. The first-order chi connectivity index (χ1) is 7.88. The average molecular weight is 275 g/mol. The molecule has 2 N–H and O–H groups in total. The Bertz CT molecular complexity index is 377. The summed E-state index contributed by atoms with van der Waals surface area (Å²) in [6, 6.07) is 5.40. The van der Waals surface area contributed by atoms with Crippen LogP contribution >= 0.6 is 23.2 Å². The summed E-state index contributed by atoms with van der Waals surface area (Å²) in [4.78, 5) is 11.4. The summed E-state index contributed by atoms with van der Waals surface area (Å²) in [5, 5.41) is 6.09. The third-order valence-electron chi connectivity index (χ3n) is 2.07. The molecule has 0 aliphatic rings. The Morgan fingerprint density at radius 1 is 1.06 bits per heavy atom. The van der Waals surface area contributed by atoms with Crippen LogP contribution in [0.2, 0.25) is 0 Å². The second-order valence-corrected chi connectivity index (χ2v) is 5.19. The van der Waals surface area contributed by atoms with Gasteiger partial charge in [-0.15, -0.1) is 0 Å². The summed E-state index contributed by atoms with van der Waals surface area (Å²) in [7, 11) is 0. The van der Waals surface area contributed by atoms with E-state index in [4.69, 9.17) is 23.2 Å². The zero-order valence-corrected chi connectivity index (χ0v) is 11.6. The standard InChI is InChI=1S/C12H16Cl2N2O/c1-7(17)10-4-11(15-8(2)13)6-12(5-10)16-9(3)14/h4-6,8-9,15-16H,1-3H3. The van der Waals surface area contributed by atoms with Gasteiger partial charge in [-0.3, -0.25) is 4.79 Å². The van der Waals surface area contributed by atoms with Crippen LogP contribution in [0, 0.1) is 0 Å². The fourth-order valence-corrected chi connectivity index (χ4v) is 1.71. The lowest BCUT2D eigenvalue weighted by Crippen LogP contribution is -2.11. The molecule has 1 aromatic rings. The Kier molecular flexibility index (Phi) is 5.09. The number of carbonyl (C=O) groups excluding carboxylic acids is 1. The molecule has 0 spiro atoms. The fraction of sp³-hybridized carbons (Fsp3) is 0.417. The van der Waals surface area contributed by atoms with Gasteiger partial charge in [0.2, 0.25) is 0 Å². The number of anilines is 2. The highest BCUT2D eigenvalue weighted by molar-refractivity contribution is 6.21. The molecule has 0 aliphatic carbocycles. The molecule has 0 fully saturated rings. The van der Waals surface area contributed by atoms with E-state index in [1.807, 2.05) is 19.9 Å². The van der Waals surface area contributed by atoms with Crippen LogP contribution in [-0.2, 0) is 0 Å². The molecule has 94 valence electrons. The first-order valence-corrected chi connectivity index (χ1v) is 6.23. The summed E-state index contributed by atoms with van der Waals surface area (Å²) < 4.78 is 0. The number of halogens is 2. The molecule has 2 unspecified atom stereocenters. The summed E-state index contributed by atoms with van der Waals surface area (Å²) in [5.74, 6) is 0.00107. The maximum Gasteiger partial charge on any atom is 0.159 e. The van der Waals surface area contributed by atoms with Crippen LogP contribution in [-0.4, -0.2) is 16.8 Å². The molecule has 0 aromatic heterocycles. The number of ketones is 1. The molecule has 0 saturated heterocycles. The van der Waals surface area contributed by atoms with Gasteiger partial charge in [-0.1, -0.05) is 23.2 Å². The lowest BCUT2D eigenvalue weighted by Gasteiger charge is -2.14. The van der Waals surface area contributed by atoms with Crippen molar-refractivity contribution >= 4 is 40.4 Å². The second-order valence-electron chi connectivity index (χ2n) is 3.88. The van der Waals surface area contributed by atoms with Crippen molar-refractivity contribution in [2.75, 3.05) is 10.6 Å². The molecule has 5 heteroatoms. The molecular formula is C12H16Cl2N2O. The molecule has 0 amide bonds. The van der Waals surface area contributed by atoms with Crippen LogP contribution in [0.15, 0.2) is 18.2 Å². The second kappa shape index (κ2) is 6.12. The third kappa shape index (κ3) is 4.84. The van der Waals surface area contributed by atoms with E-state index in [0.717, 1.165) is 11.4 Å². The topological polar surface area (TPSA) is 41.1 Å². The van der Waals surface area contributed by atoms with Crippen molar-refractivity contribution in [1.29, 1.82) is 0 Å². The minimum Gasteiger partial charge on any atom is -0.369 e. The molecule has 0 heterocycles. The van der Waals surface area contributed by atoms with E-state index in [1.54, 1.807) is 12.1 Å². The Balaban J connectivity index is 3.04. The van der Waals surface area contributed by atoms with E-state index in [2.05, 4.69) is 10.6 Å². The van der Waals surface area contributed by atoms with Gasteiger partial charge in [0.15, 0.2) is 5.78 Å². The van der Waals surface area contributed by atoms with Gasteiger partial charge in [0.05, 0.1) is 11.0 Å². The zero-order chi connectivity index (χ0) is 13.0. The van der Waals surface area contributed by atoms with Crippen molar-refractivity contribution in [2.24, 2.45) is 0 Å². The molecule has 3 nitrogen and oxygen atoms in total. The van der Waals surface area contributed by atoms with Gasteiger partial charge in [-0.2, -0.15) is 0 Å². The number of nitrogens with one attached hydrogen (secondary N) is 2. The molecule has 2 atom stereocenters. The molecule has 0 bridgehead atoms. The lowest BCUT2D eigenvalue weighted by molar-refractivity contribution is 0.101. The van der Waals surface area contributed by atoms with Gasteiger partial charge in [0, 0.05) is 16.9 Å². The zero-order valence-electron chi connectivity index (χ0n) is 10.1. The number of benzene rings is 1. The van der Waals surface area contributed by atoms with Crippen LogP contribution in [0.1, 0.15) is 31.1 Å². The van der Waals surface area contributed by atoms with E-state index in [0.29, 0.717) is 5.56 Å². The van der Waals surface area contributed by atoms with Crippen molar-refractivity contribution in [3.8, 4) is 0 Å². The van der Waals surface area contributed by atoms with Crippen LogP contribution in [0.25, 0.3) is 0 Å². The van der Waals surface area contributed by atoms with E-state index in [-0.39, 0.29) is 16.8 Å². The minimum absolute atomic E-state index is 0.00107. The minimum atomic E-state index is -0.210. The Hall–Kier alpha value is -0.930. The van der Waals surface area contributed by atoms with Gasteiger partial charge >= 0.3 is 0 Å². The number of hydrogen-bond donors (Lipinski definition) is 2. The van der Waals surface area contributed by atoms with Crippen molar-refractivity contribution in [2.45, 2.75) is 31.8 Å². The molecule has 1 aromatic carbocycles. The third-order valence-corrected chi connectivity index (χ3v) is 2.29. The van der Waals surface area contributed by atoms with Gasteiger partial charge in [-0.05, 0) is 39.0 Å². The highest BCUT2D eigenvalue weighted by atomic mass is 35.5. The Morgan fingerprint density at radius 2 is 1.47 bits per heavy atom. The Morgan fingerprint density at radius 3 is 1.76 bits per heavy atom. The number of hydrogen-bond acceptors (Lipinski definition) is 3. The fourth-order valence-electron chi connectivity index (χ4n) is 1.46. The molecule has 0 radical (unpaired) electrons. The summed E-state index contributed by atoms with van der Waals surface area (Å²) in [6.45, 7) is 5.16. The van der Waals surface area contributed by atoms with Crippen molar-refractivity contribution in [3.05, 3.63) is 23.8 Å².